The van der Waals surface area contributed by atoms with E-state index in [0.717, 1.165) is 12.2 Å². The molecule has 4 aliphatic carbocycles. The van der Waals surface area contributed by atoms with E-state index < -0.39 is 35.7 Å². The van der Waals surface area contributed by atoms with E-state index in [1.165, 1.54) is 28.2 Å². The molecule has 4 saturated carbocycles. The van der Waals surface area contributed by atoms with Gasteiger partial charge in [-0.05, 0) is 122 Å². The Kier molecular flexibility index (Phi) is 19.9. The summed E-state index contributed by atoms with van der Waals surface area (Å²) in [5.74, 6) is -5.28. The molecule has 2 aromatic rings. The molecule has 5 aliphatic rings. The molecule has 0 bridgehead atoms. The second-order valence-electron chi connectivity index (χ2n) is 19.1. The van der Waals surface area contributed by atoms with Crippen molar-refractivity contribution in [2.24, 2.45) is 42.6 Å². The van der Waals surface area contributed by atoms with Crippen LogP contribution in [0.5, 0.6) is 11.5 Å². The van der Waals surface area contributed by atoms with E-state index in [1.54, 1.807) is 25.3 Å². The smallest absolute Gasteiger partial charge is 0.330 e. The van der Waals surface area contributed by atoms with Gasteiger partial charge in [-0.3, -0.25) is 43.3 Å². The molecule has 74 heavy (non-hydrogen) atoms. The maximum atomic E-state index is 13.8. The molecule has 0 atom stereocenters. The third-order valence-electron chi connectivity index (χ3n) is 14.3. The summed E-state index contributed by atoms with van der Waals surface area (Å²) < 4.78 is 46.1. The van der Waals surface area contributed by atoms with Crippen LogP contribution in [0, 0.1) is 35.5 Å². The summed E-state index contributed by atoms with van der Waals surface area (Å²) >= 11 is 2.52. The Hall–Kier alpha value is -6.09. The van der Waals surface area contributed by atoms with Crippen LogP contribution in [0.15, 0.2) is 52.0 Å². The molecule has 400 valence electrons. The number of rotatable bonds is 18. The van der Waals surface area contributed by atoms with E-state index >= 15 is 0 Å². The maximum absolute atomic E-state index is 13.8. The number of aromatic amines is 1. The molecule has 0 unspecified atom stereocenters. The summed E-state index contributed by atoms with van der Waals surface area (Å²) in [4.78, 5) is 116. The van der Waals surface area contributed by atoms with E-state index in [-0.39, 0.29) is 103 Å². The molecular weight excluding hydrogens is 1000 g/mol. The van der Waals surface area contributed by atoms with Crippen molar-refractivity contribution in [2.75, 3.05) is 26.4 Å². The van der Waals surface area contributed by atoms with Crippen LogP contribution in [0.3, 0.4) is 0 Å². The number of nitrogens with one attached hydrogen (secondary N) is 1. The highest BCUT2D eigenvalue weighted by atomic mass is 32.2. The zero-order valence-electron chi connectivity index (χ0n) is 41.8. The fourth-order valence-corrected chi connectivity index (χ4v) is 12.6. The van der Waals surface area contributed by atoms with Crippen LogP contribution in [-0.2, 0) is 73.8 Å². The number of nitrogens with zero attached hydrogens (tertiary/aromatic N) is 1. The lowest BCUT2D eigenvalue weighted by Gasteiger charge is -2.30. The molecule has 7 rings (SSSR count). The molecule has 4 fully saturated rings. The van der Waals surface area contributed by atoms with Crippen molar-refractivity contribution < 1.29 is 76.3 Å². The van der Waals surface area contributed by atoms with Gasteiger partial charge in [-0.2, -0.15) is 0 Å². The summed E-state index contributed by atoms with van der Waals surface area (Å²) in [6, 6.07) is 3.19. The third kappa shape index (κ3) is 14.4. The van der Waals surface area contributed by atoms with Crippen molar-refractivity contribution >= 4 is 81.6 Å². The molecule has 0 radical (unpaired) electrons. The van der Waals surface area contributed by atoms with Gasteiger partial charge in [0.1, 0.15) is 50.1 Å². The lowest BCUT2D eigenvalue weighted by atomic mass is 9.82. The molecule has 0 spiro atoms. The first kappa shape index (κ1) is 55.7. The van der Waals surface area contributed by atoms with E-state index in [1.807, 2.05) is 6.92 Å². The maximum Gasteiger partial charge on any atom is 0.330 e. The summed E-state index contributed by atoms with van der Waals surface area (Å²) in [6.45, 7) is 8.21. The minimum absolute atomic E-state index is 0.0557. The summed E-state index contributed by atoms with van der Waals surface area (Å²) in [5.41, 5.74) is -0.252. The molecule has 19 nitrogen and oxygen atoms in total. The number of carbonyl (C=O) groups excluding carboxylic acids is 8. The number of esters is 8. The van der Waals surface area contributed by atoms with Crippen LogP contribution in [0.2, 0.25) is 0 Å². The lowest BCUT2D eigenvalue weighted by Crippen LogP contribution is -2.35. The standard InChI is InChI=1S/C53H64N2O17S2/c1-5-38-43(46(58)55(4)54-38)53-73-44-39(71-51(63)34-16-20-36(21-17-34)69-49(61)32-12-8-30(9-13-32)47(59)67-28-26-65-41(56)6-2)24-25-40(45(44)74-53)72-52(64)35-18-22-37(23-19-35)70-50(62)33-14-10-31(11-15-33)48(60)68-29-27-66-42(57)7-3/h5-7,24-25,30-37,54H,2-3,8-23,26-29H2,1,4H3. The number of aryl methyl sites for hydroxylation is 1. The van der Waals surface area contributed by atoms with Gasteiger partial charge in [-0.25, -0.2) is 9.59 Å². The van der Waals surface area contributed by atoms with Crippen molar-refractivity contribution in [3.05, 3.63) is 58.4 Å². The van der Waals surface area contributed by atoms with Gasteiger partial charge >= 0.3 is 47.8 Å². The van der Waals surface area contributed by atoms with Gasteiger partial charge in [0.2, 0.25) is 0 Å². The summed E-state index contributed by atoms with van der Waals surface area (Å²) in [7, 11) is 1.62. The average molecular weight is 1070 g/mol. The highest BCUT2D eigenvalue weighted by Crippen LogP contribution is 2.58. The number of hydrogen-bond donors (Lipinski definition) is 1. The molecule has 1 aromatic heterocycles. The second-order valence-corrected chi connectivity index (χ2v) is 21.4. The lowest BCUT2D eigenvalue weighted by molar-refractivity contribution is -0.161. The zero-order valence-corrected chi connectivity index (χ0v) is 43.4. The van der Waals surface area contributed by atoms with Crippen molar-refractivity contribution in [2.45, 2.75) is 132 Å². The van der Waals surface area contributed by atoms with E-state index in [0.29, 0.717) is 127 Å². The number of benzene rings is 1. The van der Waals surface area contributed by atoms with Crippen molar-refractivity contribution in [3.8, 4) is 11.5 Å². The normalized spacial score (nSPS) is 24.8. The summed E-state index contributed by atoms with van der Waals surface area (Å²) in [6.07, 6.45) is 10.6. The zero-order chi connectivity index (χ0) is 52.9. The second kappa shape index (κ2) is 26.4. The first-order chi connectivity index (χ1) is 35.6. The molecular formula is C53H64N2O17S2. The highest BCUT2D eigenvalue weighted by Gasteiger charge is 2.38. The first-order valence-corrected chi connectivity index (χ1v) is 27.0. The minimum Gasteiger partial charge on any atom is -0.462 e. The number of fused-ring (bicyclic) bond motifs is 1. The molecule has 2 heterocycles. The van der Waals surface area contributed by atoms with Crippen molar-refractivity contribution in [3.63, 3.8) is 0 Å². The van der Waals surface area contributed by atoms with Crippen LogP contribution in [0.4, 0.5) is 0 Å². The fraction of sp³-hybridized carbons (Fsp3) is 0.566. The first-order valence-electron chi connectivity index (χ1n) is 25.4. The Bertz CT molecular complexity index is 2500. The highest BCUT2D eigenvalue weighted by molar-refractivity contribution is 8.32. The van der Waals surface area contributed by atoms with E-state index in [2.05, 4.69) is 18.3 Å². The van der Waals surface area contributed by atoms with Gasteiger partial charge < -0.3 is 37.9 Å². The monoisotopic (exact) mass is 1060 g/mol. The van der Waals surface area contributed by atoms with Crippen LogP contribution < -0.4 is 25.6 Å². The topological polar surface area (TPSA) is 248 Å². The van der Waals surface area contributed by atoms with Gasteiger partial charge in [0, 0.05) is 19.2 Å². The Morgan fingerprint density at radius 2 is 0.878 bits per heavy atom. The van der Waals surface area contributed by atoms with E-state index in [9.17, 15) is 43.2 Å². The number of carbonyl (C=O) groups is 8. The van der Waals surface area contributed by atoms with Gasteiger partial charge in [-0.15, -0.1) is 0 Å². The van der Waals surface area contributed by atoms with Crippen molar-refractivity contribution in [1.29, 1.82) is 0 Å². The Balaban J connectivity index is 0.894. The van der Waals surface area contributed by atoms with Gasteiger partial charge in [0.25, 0.3) is 5.56 Å². The van der Waals surface area contributed by atoms with Crippen LogP contribution in [-0.4, -0.2) is 96.2 Å². The number of thioether (sulfide) groups is 2. The molecule has 0 amide bonds. The largest absolute Gasteiger partial charge is 0.462 e. The fourth-order valence-electron chi connectivity index (χ4n) is 9.95. The number of aromatic nitrogens is 2. The van der Waals surface area contributed by atoms with Crippen molar-refractivity contribution in [1.82, 2.24) is 9.78 Å². The summed E-state index contributed by atoms with van der Waals surface area (Å²) in [5, 5.41) is 4.10. The molecule has 1 aliphatic heterocycles. The van der Waals surface area contributed by atoms with Crippen LogP contribution in [0.25, 0.3) is 10.3 Å². The van der Waals surface area contributed by atoms with E-state index in [4.69, 9.17) is 37.9 Å². The Morgan fingerprint density at radius 1 is 0.541 bits per heavy atom. The van der Waals surface area contributed by atoms with Crippen LogP contribution in [0.1, 0.15) is 110 Å². The predicted molar refractivity (Wildman–Crippen MR) is 267 cm³/mol. The molecule has 0 saturated heterocycles. The van der Waals surface area contributed by atoms with Gasteiger partial charge in [0.15, 0.2) is 0 Å². The Morgan fingerprint density at radius 3 is 1.24 bits per heavy atom. The number of hydrogen-bond acceptors (Lipinski definition) is 19. The van der Waals surface area contributed by atoms with Gasteiger partial charge in [-0.1, -0.05) is 42.8 Å². The third-order valence-corrected chi connectivity index (χ3v) is 16.9. The number of H-pyrrole nitrogens is 1. The SMILES string of the molecule is C=CC(=O)OCCOC(=O)C1CCC(C(=O)OC2CCC(C(=O)Oc3ccc(OC(=O)C4CCC(OC(=O)C5CCC(C(=O)OCCOC(=O)C=C)CC5)CC4)c4c3SC(=c3c(=CC)[nH]n(C)c3=O)S4)CC2)CC1. The number of ether oxygens (including phenoxy) is 8. The Labute approximate surface area is 436 Å². The van der Waals surface area contributed by atoms with Crippen LogP contribution >= 0.6 is 23.5 Å². The predicted octanol–water partition coefficient (Wildman–Crippen LogP) is 5.65. The molecule has 1 aromatic carbocycles. The van der Waals surface area contributed by atoms with Gasteiger partial charge in [0.05, 0.1) is 60.1 Å². The quantitative estimate of drug-likeness (QED) is 0.0623. The average Bonchev–Trinajstić information content (AvgIpc) is 3.99. The minimum atomic E-state index is -0.597. The molecule has 21 heteroatoms. The molecule has 1 N–H and O–H groups in total.